The summed E-state index contributed by atoms with van der Waals surface area (Å²) in [6.07, 6.45) is 1.12. The first-order valence-electron chi connectivity index (χ1n) is 5.21. The van der Waals surface area contributed by atoms with E-state index in [4.69, 9.17) is 17.4 Å². The summed E-state index contributed by atoms with van der Waals surface area (Å²) >= 11 is 6.77. The molecule has 2 aromatic rings. The van der Waals surface area contributed by atoms with E-state index in [1.807, 2.05) is 0 Å². The van der Waals surface area contributed by atoms with E-state index < -0.39 is 10.0 Å². The molecule has 0 aliphatic heterocycles. The predicted molar refractivity (Wildman–Crippen MR) is 76.0 cm³/mol. The maximum Gasteiger partial charge on any atom is 0.304 e. The Labute approximate surface area is 123 Å². The quantitative estimate of drug-likeness (QED) is 0.457. The van der Waals surface area contributed by atoms with E-state index in [1.165, 1.54) is 11.4 Å². The number of H-pyrrole nitrogens is 1. The van der Waals surface area contributed by atoms with Gasteiger partial charge in [0.15, 0.2) is 5.82 Å². The van der Waals surface area contributed by atoms with E-state index in [2.05, 4.69) is 20.1 Å². The number of pyridine rings is 1. The molecule has 2 rings (SSSR count). The van der Waals surface area contributed by atoms with Crippen LogP contribution in [-0.4, -0.2) is 18.4 Å². The minimum Gasteiger partial charge on any atom is -0.315 e. The van der Waals surface area contributed by atoms with Crippen LogP contribution >= 0.6 is 22.9 Å². The summed E-state index contributed by atoms with van der Waals surface area (Å²) in [6.45, 7) is -0.0322. The van der Waals surface area contributed by atoms with Crippen molar-refractivity contribution >= 4 is 38.8 Å². The average molecular weight is 336 g/mol. The third kappa shape index (κ3) is 3.35. The van der Waals surface area contributed by atoms with Gasteiger partial charge in [0, 0.05) is 17.3 Å². The minimum atomic E-state index is -3.78. The summed E-state index contributed by atoms with van der Waals surface area (Å²) in [4.78, 5) is 16.9. The van der Waals surface area contributed by atoms with E-state index in [9.17, 15) is 13.2 Å². The molecule has 11 heteroatoms. The van der Waals surface area contributed by atoms with Crippen LogP contribution in [0, 0.1) is 0 Å². The van der Waals surface area contributed by atoms with Gasteiger partial charge in [-0.3, -0.25) is 4.79 Å². The molecule has 0 amide bonds. The highest BCUT2D eigenvalue weighted by Gasteiger charge is 2.16. The lowest BCUT2D eigenvalue weighted by atomic mass is 10.5. The van der Waals surface area contributed by atoms with E-state index in [0.717, 1.165) is 17.5 Å². The minimum absolute atomic E-state index is 0.0322. The van der Waals surface area contributed by atoms with Crippen molar-refractivity contribution in [3.63, 3.8) is 0 Å². The largest absolute Gasteiger partial charge is 0.315 e. The molecule has 2 aromatic heterocycles. The van der Waals surface area contributed by atoms with Gasteiger partial charge in [0.25, 0.3) is 0 Å². The number of nitrogens with two attached hydrogens (primary N) is 1. The molecular weight excluding hydrogens is 326 g/mol. The Kier molecular flexibility index (Phi) is 4.40. The first kappa shape index (κ1) is 14.9. The van der Waals surface area contributed by atoms with E-state index in [1.54, 1.807) is 0 Å². The topological polar surface area (TPSA) is 130 Å². The van der Waals surface area contributed by atoms with Crippen LogP contribution in [0.5, 0.6) is 0 Å². The molecule has 108 valence electrons. The summed E-state index contributed by atoms with van der Waals surface area (Å²) in [7, 11) is -3.78. The number of nitrogens with one attached hydrogen (secondary N) is 3. The van der Waals surface area contributed by atoms with E-state index >= 15 is 0 Å². The monoisotopic (exact) mass is 335 g/mol. The first-order valence-corrected chi connectivity index (χ1v) is 7.95. The average Bonchev–Trinajstić information content (AvgIpc) is 2.82. The van der Waals surface area contributed by atoms with Crippen LogP contribution in [0.1, 0.15) is 5.69 Å². The standard InChI is InChI=1S/C9H10ClN5O3S2/c10-7-1-6(3-12-8(7)15-11)20(17,18)13-2-5-4-19-9(16)14-5/h1,3-4,13H,2,11H2,(H,12,15)(H,14,16). The van der Waals surface area contributed by atoms with Gasteiger partial charge >= 0.3 is 4.87 Å². The number of sulfonamides is 1. The van der Waals surface area contributed by atoms with Gasteiger partial charge in [0.2, 0.25) is 10.0 Å². The molecule has 0 aromatic carbocycles. The fourth-order valence-electron chi connectivity index (χ4n) is 1.33. The number of rotatable bonds is 5. The van der Waals surface area contributed by atoms with Crippen molar-refractivity contribution in [1.29, 1.82) is 0 Å². The molecule has 0 atom stereocenters. The van der Waals surface area contributed by atoms with Crippen molar-refractivity contribution in [3.8, 4) is 0 Å². The Hall–Kier alpha value is -1.46. The van der Waals surface area contributed by atoms with Crippen LogP contribution in [0.15, 0.2) is 27.3 Å². The molecule has 5 N–H and O–H groups in total. The summed E-state index contributed by atoms with van der Waals surface area (Å²) in [6, 6.07) is 1.22. The number of thiazole rings is 1. The Bertz CT molecular complexity index is 770. The van der Waals surface area contributed by atoms with Gasteiger partial charge in [0.05, 0.1) is 11.6 Å². The van der Waals surface area contributed by atoms with Crippen molar-refractivity contribution in [2.75, 3.05) is 5.43 Å². The van der Waals surface area contributed by atoms with Gasteiger partial charge in [-0.15, -0.1) is 0 Å². The maximum atomic E-state index is 12.0. The second kappa shape index (κ2) is 5.89. The Morgan fingerprint density at radius 2 is 2.25 bits per heavy atom. The van der Waals surface area contributed by atoms with Gasteiger partial charge in [-0.1, -0.05) is 22.9 Å². The highest BCUT2D eigenvalue weighted by molar-refractivity contribution is 7.89. The Morgan fingerprint density at radius 1 is 1.50 bits per heavy atom. The summed E-state index contributed by atoms with van der Waals surface area (Å²) in [5.41, 5.74) is 2.71. The molecular formula is C9H10ClN5O3S2. The number of hydrogen-bond donors (Lipinski definition) is 4. The highest BCUT2D eigenvalue weighted by Crippen LogP contribution is 2.21. The molecule has 20 heavy (non-hydrogen) atoms. The third-order valence-corrected chi connectivity index (χ3v) is 4.66. The van der Waals surface area contributed by atoms with Gasteiger partial charge < -0.3 is 10.4 Å². The van der Waals surface area contributed by atoms with Crippen LogP contribution in [0.3, 0.4) is 0 Å². The van der Waals surface area contributed by atoms with Crippen molar-refractivity contribution in [1.82, 2.24) is 14.7 Å². The molecule has 0 aliphatic carbocycles. The van der Waals surface area contributed by atoms with Crippen molar-refractivity contribution in [2.45, 2.75) is 11.4 Å². The lowest BCUT2D eigenvalue weighted by molar-refractivity contribution is 0.580. The fourth-order valence-corrected chi connectivity index (χ4v) is 3.17. The summed E-state index contributed by atoms with van der Waals surface area (Å²) < 4.78 is 26.4. The lowest BCUT2D eigenvalue weighted by Crippen LogP contribution is -2.24. The third-order valence-electron chi connectivity index (χ3n) is 2.29. The Morgan fingerprint density at radius 3 is 2.80 bits per heavy atom. The summed E-state index contributed by atoms with van der Waals surface area (Å²) in [5.74, 6) is 5.33. The zero-order valence-corrected chi connectivity index (χ0v) is 12.3. The van der Waals surface area contributed by atoms with Gasteiger partial charge in [-0.2, -0.15) is 0 Å². The highest BCUT2D eigenvalue weighted by atomic mass is 35.5. The fraction of sp³-hybridized carbons (Fsp3) is 0.111. The molecule has 2 heterocycles. The van der Waals surface area contributed by atoms with Crippen LogP contribution < -0.4 is 20.9 Å². The Balaban J connectivity index is 2.17. The number of nitrogens with zero attached hydrogens (tertiary/aromatic N) is 1. The van der Waals surface area contributed by atoms with Gasteiger partial charge in [-0.05, 0) is 6.07 Å². The molecule has 0 saturated heterocycles. The van der Waals surface area contributed by atoms with Crippen LogP contribution in [0.2, 0.25) is 5.02 Å². The van der Waals surface area contributed by atoms with Crippen LogP contribution in [0.25, 0.3) is 0 Å². The number of aromatic nitrogens is 2. The molecule has 0 fully saturated rings. The van der Waals surface area contributed by atoms with E-state index in [-0.39, 0.29) is 27.2 Å². The van der Waals surface area contributed by atoms with Crippen molar-refractivity contribution in [3.05, 3.63) is 38.0 Å². The molecule has 0 aliphatic rings. The number of hydrazine groups is 1. The van der Waals surface area contributed by atoms with Gasteiger partial charge in [0.1, 0.15) is 4.90 Å². The predicted octanol–water partition coefficient (Wildman–Crippen LogP) is 0.249. The molecule has 0 saturated carbocycles. The van der Waals surface area contributed by atoms with Crippen LogP contribution in [-0.2, 0) is 16.6 Å². The smallest absolute Gasteiger partial charge is 0.304 e. The maximum absolute atomic E-state index is 12.0. The molecule has 8 nitrogen and oxygen atoms in total. The second-order valence-corrected chi connectivity index (χ2v) is 6.66. The van der Waals surface area contributed by atoms with E-state index in [0.29, 0.717) is 5.69 Å². The molecule has 0 spiro atoms. The normalized spacial score (nSPS) is 11.5. The molecule has 0 radical (unpaired) electrons. The second-order valence-electron chi connectivity index (χ2n) is 3.64. The number of aromatic amines is 1. The van der Waals surface area contributed by atoms with Crippen molar-refractivity contribution < 1.29 is 8.42 Å². The number of nitrogen functional groups attached to an aromatic ring is 1. The summed E-state index contributed by atoms with van der Waals surface area (Å²) in [5, 5.41) is 1.62. The molecule has 0 unspecified atom stereocenters. The number of halogens is 1. The zero-order valence-electron chi connectivity index (χ0n) is 9.88. The number of anilines is 1. The molecule has 0 bridgehead atoms. The first-order chi connectivity index (χ1) is 9.42. The zero-order chi connectivity index (χ0) is 14.8. The lowest BCUT2D eigenvalue weighted by Gasteiger charge is -2.07. The SMILES string of the molecule is NNc1ncc(S(=O)(=O)NCc2csc(=O)[nH]2)cc1Cl. The van der Waals surface area contributed by atoms with Crippen LogP contribution in [0.4, 0.5) is 5.82 Å². The van der Waals surface area contributed by atoms with Gasteiger partial charge in [-0.25, -0.2) is 24.0 Å². The van der Waals surface area contributed by atoms with Crippen molar-refractivity contribution in [2.24, 2.45) is 5.84 Å². The number of hydrogen-bond acceptors (Lipinski definition) is 7.